The Hall–Kier alpha value is -1.70. The lowest BCUT2D eigenvalue weighted by atomic mass is 9.98. The lowest BCUT2D eigenvalue weighted by molar-refractivity contribution is -0.142. The number of hydrogen-bond donors (Lipinski definition) is 1. The summed E-state index contributed by atoms with van der Waals surface area (Å²) in [6, 6.07) is 0. The Bertz CT molecular complexity index is 525. The summed E-state index contributed by atoms with van der Waals surface area (Å²) in [7, 11) is 0. The fourth-order valence-electron chi connectivity index (χ4n) is 2.61. The molecule has 0 saturated carbocycles. The van der Waals surface area contributed by atoms with Crippen molar-refractivity contribution < 1.29 is 14.7 Å². The van der Waals surface area contributed by atoms with E-state index in [1.807, 2.05) is 0 Å². The number of carbonyl (C=O) groups excluding carboxylic acids is 1. The van der Waals surface area contributed by atoms with Crippen molar-refractivity contribution in [2.75, 3.05) is 29.4 Å². The van der Waals surface area contributed by atoms with Crippen LogP contribution in [0.4, 0.5) is 10.3 Å². The zero-order valence-electron chi connectivity index (χ0n) is 11.0. The molecular formula is C12H16N4O3S. The van der Waals surface area contributed by atoms with Crippen LogP contribution < -0.4 is 9.80 Å². The highest BCUT2D eigenvalue weighted by atomic mass is 32.1. The van der Waals surface area contributed by atoms with Crippen molar-refractivity contribution >= 4 is 33.5 Å². The Morgan fingerprint density at radius 1 is 1.20 bits per heavy atom. The molecule has 0 bridgehead atoms. The molecule has 0 atom stereocenters. The van der Waals surface area contributed by atoms with Gasteiger partial charge in [-0.25, -0.2) is 0 Å². The number of rotatable bonds is 3. The monoisotopic (exact) mass is 296 g/mol. The Morgan fingerprint density at radius 3 is 2.50 bits per heavy atom. The Kier molecular flexibility index (Phi) is 3.56. The number of piperidine rings is 1. The number of anilines is 2. The second-order valence-corrected chi connectivity index (χ2v) is 6.05. The maximum atomic E-state index is 11.7. The third-order valence-electron chi connectivity index (χ3n) is 3.82. The number of carbonyl (C=O) groups is 2. The minimum atomic E-state index is -0.717. The van der Waals surface area contributed by atoms with E-state index >= 15 is 0 Å². The van der Waals surface area contributed by atoms with E-state index in [1.165, 1.54) is 11.3 Å². The molecule has 3 heterocycles. The van der Waals surface area contributed by atoms with Crippen LogP contribution in [-0.2, 0) is 9.59 Å². The van der Waals surface area contributed by atoms with Crippen LogP contribution >= 0.6 is 11.3 Å². The Morgan fingerprint density at radius 2 is 1.90 bits per heavy atom. The lowest BCUT2D eigenvalue weighted by Gasteiger charge is -2.29. The molecule has 0 radical (unpaired) electrons. The standard InChI is InChI=1S/C12H16N4O3S/c17-9-2-1-5-16(9)12-14-13-11(20-12)15-6-3-8(4-7-15)10(18)19/h8H,1-7H2,(H,18,19). The normalized spacial score (nSPS) is 20.7. The zero-order chi connectivity index (χ0) is 14.1. The zero-order valence-corrected chi connectivity index (χ0v) is 11.8. The van der Waals surface area contributed by atoms with Gasteiger partial charge in [-0.2, -0.15) is 0 Å². The number of aromatic nitrogens is 2. The molecule has 3 rings (SSSR count). The van der Waals surface area contributed by atoms with Crippen molar-refractivity contribution in [2.24, 2.45) is 5.92 Å². The molecule has 2 fully saturated rings. The molecule has 0 unspecified atom stereocenters. The van der Waals surface area contributed by atoms with Gasteiger partial charge in [0.2, 0.25) is 16.2 Å². The first kappa shape index (κ1) is 13.3. The van der Waals surface area contributed by atoms with E-state index in [9.17, 15) is 9.59 Å². The van der Waals surface area contributed by atoms with Gasteiger partial charge in [0.15, 0.2) is 0 Å². The molecule has 0 aliphatic carbocycles. The summed E-state index contributed by atoms with van der Waals surface area (Å²) in [4.78, 5) is 26.3. The fraction of sp³-hybridized carbons (Fsp3) is 0.667. The maximum absolute atomic E-state index is 11.7. The highest BCUT2D eigenvalue weighted by Gasteiger charge is 2.28. The van der Waals surface area contributed by atoms with Crippen LogP contribution in [0.1, 0.15) is 25.7 Å². The van der Waals surface area contributed by atoms with E-state index < -0.39 is 5.97 Å². The highest BCUT2D eigenvalue weighted by molar-refractivity contribution is 7.19. The van der Waals surface area contributed by atoms with Crippen molar-refractivity contribution in [3.8, 4) is 0 Å². The third kappa shape index (κ3) is 2.47. The van der Waals surface area contributed by atoms with Crippen molar-refractivity contribution in [1.82, 2.24) is 10.2 Å². The number of amides is 1. The Balaban J connectivity index is 1.66. The first-order chi connectivity index (χ1) is 9.65. The smallest absolute Gasteiger partial charge is 0.306 e. The molecule has 8 heteroatoms. The van der Waals surface area contributed by atoms with Crippen molar-refractivity contribution in [1.29, 1.82) is 0 Å². The molecule has 108 valence electrons. The second-order valence-electron chi connectivity index (χ2n) is 5.12. The van der Waals surface area contributed by atoms with Gasteiger partial charge in [0.05, 0.1) is 5.92 Å². The van der Waals surface area contributed by atoms with E-state index in [4.69, 9.17) is 5.11 Å². The number of carboxylic acid groups (broad SMARTS) is 1. The molecule has 1 aromatic rings. The summed E-state index contributed by atoms with van der Waals surface area (Å²) in [5.74, 6) is -0.860. The second kappa shape index (κ2) is 5.35. The maximum Gasteiger partial charge on any atom is 0.306 e. The van der Waals surface area contributed by atoms with Gasteiger partial charge in [0.25, 0.3) is 0 Å². The van der Waals surface area contributed by atoms with Crippen LogP contribution in [0.2, 0.25) is 0 Å². The van der Waals surface area contributed by atoms with E-state index in [1.54, 1.807) is 4.90 Å². The topological polar surface area (TPSA) is 86.6 Å². The number of carboxylic acids is 1. The van der Waals surface area contributed by atoms with Gasteiger partial charge in [-0.3, -0.25) is 14.5 Å². The summed E-state index contributed by atoms with van der Waals surface area (Å²) >= 11 is 1.41. The average Bonchev–Trinajstić information content (AvgIpc) is 3.07. The predicted octanol–water partition coefficient (Wildman–Crippen LogP) is 0.966. The fourth-order valence-corrected chi connectivity index (χ4v) is 3.55. The van der Waals surface area contributed by atoms with Crippen LogP contribution in [0.25, 0.3) is 0 Å². The van der Waals surface area contributed by atoms with E-state index in [2.05, 4.69) is 15.1 Å². The first-order valence-electron chi connectivity index (χ1n) is 6.77. The van der Waals surface area contributed by atoms with E-state index in [0.717, 1.165) is 11.6 Å². The SMILES string of the molecule is O=C(O)C1CCN(c2nnc(N3CCCC3=O)s2)CC1. The van der Waals surface area contributed by atoms with E-state index in [-0.39, 0.29) is 11.8 Å². The van der Waals surface area contributed by atoms with Gasteiger partial charge in [-0.15, -0.1) is 10.2 Å². The van der Waals surface area contributed by atoms with Gasteiger partial charge < -0.3 is 10.0 Å². The molecule has 1 amide bonds. The minimum Gasteiger partial charge on any atom is -0.481 e. The molecule has 1 N–H and O–H groups in total. The highest BCUT2D eigenvalue weighted by Crippen LogP contribution is 2.32. The molecule has 2 aliphatic heterocycles. The van der Waals surface area contributed by atoms with Gasteiger partial charge in [0.1, 0.15) is 0 Å². The van der Waals surface area contributed by atoms with Gasteiger partial charge >= 0.3 is 5.97 Å². The minimum absolute atomic E-state index is 0.109. The molecule has 2 saturated heterocycles. The average molecular weight is 296 g/mol. The summed E-state index contributed by atoms with van der Waals surface area (Å²) in [6.45, 7) is 2.08. The molecule has 0 spiro atoms. The Labute approximate surface area is 120 Å². The van der Waals surface area contributed by atoms with Crippen molar-refractivity contribution in [2.45, 2.75) is 25.7 Å². The van der Waals surface area contributed by atoms with Crippen LogP contribution in [-0.4, -0.2) is 46.8 Å². The molecular weight excluding hydrogens is 280 g/mol. The number of aliphatic carboxylic acids is 1. The van der Waals surface area contributed by atoms with Gasteiger partial charge in [0, 0.05) is 26.1 Å². The number of hydrogen-bond acceptors (Lipinski definition) is 6. The van der Waals surface area contributed by atoms with Crippen LogP contribution in [0.3, 0.4) is 0 Å². The van der Waals surface area contributed by atoms with Crippen molar-refractivity contribution in [3.63, 3.8) is 0 Å². The predicted molar refractivity (Wildman–Crippen MR) is 74.1 cm³/mol. The van der Waals surface area contributed by atoms with Crippen LogP contribution in [0.15, 0.2) is 0 Å². The molecule has 7 nitrogen and oxygen atoms in total. The largest absolute Gasteiger partial charge is 0.481 e. The summed E-state index contributed by atoms with van der Waals surface area (Å²) in [5, 5.41) is 18.7. The van der Waals surface area contributed by atoms with E-state index in [0.29, 0.717) is 44.0 Å². The number of nitrogens with zero attached hydrogens (tertiary/aromatic N) is 4. The summed E-state index contributed by atoms with van der Waals surface area (Å²) < 4.78 is 0. The molecule has 1 aromatic heterocycles. The van der Waals surface area contributed by atoms with Gasteiger partial charge in [-0.05, 0) is 19.3 Å². The first-order valence-corrected chi connectivity index (χ1v) is 7.58. The summed E-state index contributed by atoms with van der Waals surface area (Å²) in [6.07, 6.45) is 2.72. The van der Waals surface area contributed by atoms with Gasteiger partial charge in [-0.1, -0.05) is 11.3 Å². The van der Waals surface area contributed by atoms with Crippen molar-refractivity contribution in [3.05, 3.63) is 0 Å². The molecule has 20 heavy (non-hydrogen) atoms. The molecule has 0 aromatic carbocycles. The quantitative estimate of drug-likeness (QED) is 0.894. The molecule has 2 aliphatic rings. The lowest BCUT2D eigenvalue weighted by Crippen LogP contribution is -2.36. The summed E-state index contributed by atoms with van der Waals surface area (Å²) in [5.41, 5.74) is 0. The van der Waals surface area contributed by atoms with Crippen LogP contribution in [0, 0.1) is 5.92 Å². The van der Waals surface area contributed by atoms with Crippen LogP contribution in [0.5, 0.6) is 0 Å². The third-order valence-corrected chi connectivity index (χ3v) is 4.83.